The third-order valence-corrected chi connectivity index (χ3v) is 5.90. The topological polar surface area (TPSA) is 53.9 Å². The third kappa shape index (κ3) is 3.61. The number of aromatic nitrogens is 3. The lowest BCUT2D eigenvalue weighted by molar-refractivity contribution is 0.186. The molecule has 1 N–H and O–H groups in total. The molecule has 1 saturated heterocycles. The second-order valence-electron chi connectivity index (χ2n) is 7.82. The number of aryl methyl sites for hydroxylation is 2. The summed E-state index contributed by atoms with van der Waals surface area (Å²) in [4.78, 5) is 16.1. The zero-order valence-corrected chi connectivity index (χ0v) is 15.5. The van der Waals surface area contributed by atoms with Crippen LogP contribution < -0.4 is 5.32 Å². The number of hydrogen-bond donors (Lipinski definition) is 1. The Morgan fingerprint density at radius 3 is 2.80 bits per heavy atom. The number of rotatable bonds is 4. The van der Waals surface area contributed by atoms with Crippen molar-refractivity contribution in [2.24, 2.45) is 5.92 Å². The Kier molecular flexibility index (Phi) is 4.84. The summed E-state index contributed by atoms with van der Waals surface area (Å²) in [5.74, 6) is 1.65. The number of likely N-dealkylation sites (tertiary alicyclic amines) is 1. The number of nitrogens with zero attached hydrogens (tertiary/aromatic N) is 4. The Morgan fingerprint density at radius 1 is 1.12 bits per heavy atom. The van der Waals surface area contributed by atoms with E-state index in [1.54, 1.807) is 6.33 Å². The molecule has 0 aromatic carbocycles. The van der Waals surface area contributed by atoms with Crippen molar-refractivity contribution < 1.29 is 0 Å². The molecule has 4 rings (SSSR count). The van der Waals surface area contributed by atoms with Crippen molar-refractivity contribution in [3.8, 4) is 0 Å². The van der Waals surface area contributed by atoms with Gasteiger partial charge in [-0.3, -0.25) is 0 Å². The molecule has 2 aliphatic rings. The summed E-state index contributed by atoms with van der Waals surface area (Å²) < 4.78 is 0. The van der Waals surface area contributed by atoms with Crippen LogP contribution in [0.1, 0.15) is 49.8 Å². The molecule has 1 saturated carbocycles. The molecule has 1 aliphatic carbocycles. The summed E-state index contributed by atoms with van der Waals surface area (Å²) in [7, 11) is 0. The van der Waals surface area contributed by atoms with E-state index in [9.17, 15) is 0 Å². The first-order valence-corrected chi connectivity index (χ1v) is 9.77. The van der Waals surface area contributed by atoms with Crippen molar-refractivity contribution >= 4 is 16.9 Å². The predicted molar refractivity (Wildman–Crippen MR) is 102 cm³/mol. The first-order valence-electron chi connectivity index (χ1n) is 9.77. The van der Waals surface area contributed by atoms with Crippen LogP contribution in [0.2, 0.25) is 0 Å². The van der Waals surface area contributed by atoms with Gasteiger partial charge in [0.05, 0.1) is 5.39 Å². The molecular formula is C20H29N5. The fourth-order valence-corrected chi connectivity index (χ4v) is 4.59. The van der Waals surface area contributed by atoms with Crippen LogP contribution >= 0.6 is 0 Å². The highest BCUT2D eigenvalue weighted by Crippen LogP contribution is 2.28. The maximum Gasteiger partial charge on any atom is 0.165 e. The highest BCUT2D eigenvalue weighted by Gasteiger charge is 2.29. The lowest BCUT2D eigenvalue weighted by Crippen LogP contribution is -2.35. The highest BCUT2D eigenvalue weighted by atomic mass is 15.2. The molecule has 0 bridgehead atoms. The molecule has 3 heterocycles. The zero-order valence-electron chi connectivity index (χ0n) is 15.5. The Morgan fingerprint density at radius 2 is 1.96 bits per heavy atom. The van der Waals surface area contributed by atoms with Gasteiger partial charge in [-0.2, -0.15) is 0 Å². The summed E-state index contributed by atoms with van der Waals surface area (Å²) in [6.45, 7) is 7.62. The van der Waals surface area contributed by atoms with Crippen molar-refractivity contribution in [2.75, 3.05) is 25.0 Å². The van der Waals surface area contributed by atoms with Crippen molar-refractivity contribution in [3.63, 3.8) is 0 Å². The lowest BCUT2D eigenvalue weighted by atomic mass is 9.94. The lowest BCUT2D eigenvalue weighted by Gasteiger charge is -2.31. The number of fused-ring (bicyclic) bond motifs is 1. The quantitative estimate of drug-likeness (QED) is 0.920. The molecule has 0 unspecified atom stereocenters. The van der Waals surface area contributed by atoms with Gasteiger partial charge in [0.1, 0.15) is 12.1 Å². The summed E-state index contributed by atoms with van der Waals surface area (Å²) in [5.41, 5.74) is 3.00. The predicted octanol–water partition coefficient (Wildman–Crippen LogP) is 3.71. The summed E-state index contributed by atoms with van der Waals surface area (Å²) in [6.07, 6.45) is 10.00. The smallest absolute Gasteiger partial charge is 0.165 e. The van der Waals surface area contributed by atoms with Crippen LogP contribution in [-0.4, -0.2) is 45.5 Å². The molecule has 134 valence electrons. The normalized spacial score (nSPS) is 22.6. The minimum atomic E-state index is 0.714. The van der Waals surface area contributed by atoms with Gasteiger partial charge in [-0.25, -0.2) is 15.0 Å². The Balaban J connectivity index is 1.41. The molecule has 0 amide bonds. The molecule has 2 aromatic heterocycles. The first-order chi connectivity index (χ1) is 12.2. The number of nitrogens with one attached hydrogen (secondary N) is 1. The molecule has 1 aliphatic heterocycles. The van der Waals surface area contributed by atoms with Crippen LogP contribution in [0.4, 0.5) is 5.82 Å². The van der Waals surface area contributed by atoms with Gasteiger partial charge in [-0.05, 0) is 57.2 Å². The summed E-state index contributed by atoms with van der Waals surface area (Å²) >= 11 is 0. The minimum Gasteiger partial charge on any atom is -0.369 e. The van der Waals surface area contributed by atoms with E-state index in [4.69, 9.17) is 0 Å². The summed E-state index contributed by atoms with van der Waals surface area (Å²) in [6, 6.07) is 2.95. The fraction of sp³-hybridized carbons (Fsp3) is 0.650. The first kappa shape index (κ1) is 16.7. The van der Waals surface area contributed by atoms with E-state index in [1.807, 2.05) is 6.92 Å². The molecule has 25 heavy (non-hydrogen) atoms. The van der Waals surface area contributed by atoms with Gasteiger partial charge in [-0.15, -0.1) is 0 Å². The van der Waals surface area contributed by atoms with E-state index < -0.39 is 0 Å². The van der Waals surface area contributed by atoms with Crippen molar-refractivity contribution in [1.82, 2.24) is 19.9 Å². The van der Waals surface area contributed by atoms with Gasteiger partial charge >= 0.3 is 0 Å². The standard InChI is InChI=1S/C20H29N5/c1-14-10-15(2)24-20-18(14)19(22-13-23-20)21-11-16-8-9-25(12-16)17-6-4-3-5-7-17/h10,13,16-17H,3-9,11-12H2,1-2H3,(H,21,22,23,24)/t16-/m0/s1. The average molecular weight is 339 g/mol. The fourth-order valence-electron chi connectivity index (χ4n) is 4.59. The third-order valence-electron chi connectivity index (χ3n) is 5.90. The van der Waals surface area contributed by atoms with Gasteiger partial charge in [0.25, 0.3) is 0 Å². The summed E-state index contributed by atoms with van der Waals surface area (Å²) in [5, 5.41) is 4.66. The maximum atomic E-state index is 4.55. The zero-order chi connectivity index (χ0) is 17.2. The number of anilines is 1. The van der Waals surface area contributed by atoms with Gasteiger partial charge in [0.2, 0.25) is 0 Å². The van der Waals surface area contributed by atoms with Gasteiger partial charge < -0.3 is 10.2 Å². The molecule has 5 nitrogen and oxygen atoms in total. The van der Waals surface area contributed by atoms with Crippen LogP contribution in [0.25, 0.3) is 11.0 Å². The molecule has 5 heteroatoms. The van der Waals surface area contributed by atoms with Gasteiger partial charge in [0, 0.05) is 24.8 Å². The molecule has 1 atom stereocenters. The van der Waals surface area contributed by atoms with Gasteiger partial charge in [-0.1, -0.05) is 19.3 Å². The second-order valence-corrected chi connectivity index (χ2v) is 7.82. The van der Waals surface area contributed by atoms with E-state index in [2.05, 4.69) is 38.2 Å². The monoisotopic (exact) mass is 339 g/mol. The van der Waals surface area contributed by atoms with E-state index in [0.717, 1.165) is 35.1 Å². The number of pyridine rings is 1. The van der Waals surface area contributed by atoms with Crippen molar-refractivity contribution in [2.45, 2.75) is 58.4 Å². The highest BCUT2D eigenvalue weighted by molar-refractivity contribution is 5.89. The van der Waals surface area contributed by atoms with Crippen molar-refractivity contribution in [3.05, 3.63) is 23.7 Å². The van der Waals surface area contributed by atoms with Crippen LogP contribution in [0.15, 0.2) is 12.4 Å². The van der Waals surface area contributed by atoms with E-state index in [0.29, 0.717) is 5.92 Å². The van der Waals surface area contributed by atoms with Gasteiger partial charge in [0.15, 0.2) is 5.65 Å². The Labute approximate surface area is 150 Å². The molecule has 0 spiro atoms. The maximum absolute atomic E-state index is 4.55. The van der Waals surface area contributed by atoms with Crippen LogP contribution in [0.5, 0.6) is 0 Å². The Hall–Kier alpha value is -1.75. The number of hydrogen-bond acceptors (Lipinski definition) is 5. The van der Waals surface area contributed by atoms with E-state index >= 15 is 0 Å². The SMILES string of the molecule is Cc1cc(C)c2c(NC[C@@H]3CCN(C4CCCCC4)C3)ncnc2n1. The van der Waals surface area contributed by atoms with Crippen molar-refractivity contribution in [1.29, 1.82) is 0 Å². The average Bonchev–Trinajstić information content (AvgIpc) is 3.09. The Bertz CT molecular complexity index is 738. The molecule has 0 radical (unpaired) electrons. The van der Waals surface area contributed by atoms with Crippen LogP contribution in [0, 0.1) is 19.8 Å². The van der Waals surface area contributed by atoms with E-state index in [-0.39, 0.29) is 0 Å². The van der Waals surface area contributed by atoms with Crippen LogP contribution in [0.3, 0.4) is 0 Å². The minimum absolute atomic E-state index is 0.714. The molecule has 2 aromatic rings. The van der Waals surface area contributed by atoms with Crippen LogP contribution in [-0.2, 0) is 0 Å². The second kappa shape index (κ2) is 7.24. The largest absolute Gasteiger partial charge is 0.369 e. The molecule has 2 fully saturated rings. The van der Waals surface area contributed by atoms with E-state index in [1.165, 1.54) is 57.2 Å². The molecular weight excluding hydrogens is 310 g/mol.